The summed E-state index contributed by atoms with van der Waals surface area (Å²) >= 11 is 1.56. The van der Waals surface area contributed by atoms with Crippen LogP contribution in [-0.2, 0) is 18.3 Å². The van der Waals surface area contributed by atoms with Gasteiger partial charge < -0.3 is 9.30 Å². The number of aryl methyl sites for hydroxylation is 3. The number of ether oxygens (including phenoxy) is 1. The van der Waals surface area contributed by atoms with Crippen molar-refractivity contribution in [2.45, 2.75) is 20.3 Å². The van der Waals surface area contributed by atoms with Crippen LogP contribution in [0.4, 0.5) is 0 Å². The molecule has 5 heteroatoms. The van der Waals surface area contributed by atoms with Crippen LogP contribution in [0.1, 0.15) is 16.7 Å². The van der Waals surface area contributed by atoms with Gasteiger partial charge in [0.25, 0.3) is 5.91 Å². The van der Waals surface area contributed by atoms with Gasteiger partial charge in [0, 0.05) is 7.05 Å². The third kappa shape index (κ3) is 3.12. The summed E-state index contributed by atoms with van der Waals surface area (Å²) in [6.07, 6.45) is 0.267. The zero-order chi connectivity index (χ0) is 17.3. The normalized spacial score (nSPS) is 11.9. The summed E-state index contributed by atoms with van der Waals surface area (Å²) in [5, 5.41) is 0. The van der Waals surface area contributed by atoms with Gasteiger partial charge in [0.2, 0.25) is 0 Å². The summed E-state index contributed by atoms with van der Waals surface area (Å²) in [5.74, 6) is 0.597. The Morgan fingerprint density at radius 1 is 1.21 bits per heavy atom. The van der Waals surface area contributed by atoms with Crippen LogP contribution in [0.3, 0.4) is 0 Å². The molecule has 0 aliphatic carbocycles. The van der Waals surface area contributed by atoms with Crippen LogP contribution in [0, 0.1) is 13.8 Å². The molecule has 0 N–H and O–H groups in total. The fourth-order valence-electron chi connectivity index (χ4n) is 2.77. The molecule has 24 heavy (non-hydrogen) atoms. The van der Waals surface area contributed by atoms with E-state index >= 15 is 0 Å². The van der Waals surface area contributed by atoms with Crippen molar-refractivity contribution < 1.29 is 9.53 Å². The van der Waals surface area contributed by atoms with Gasteiger partial charge in [-0.2, -0.15) is 4.99 Å². The van der Waals surface area contributed by atoms with Crippen LogP contribution in [0.2, 0.25) is 0 Å². The Morgan fingerprint density at radius 3 is 2.67 bits per heavy atom. The fraction of sp³-hybridized carbons (Fsp3) is 0.263. The minimum atomic E-state index is -0.152. The van der Waals surface area contributed by atoms with E-state index in [0.29, 0.717) is 0 Å². The van der Waals surface area contributed by atoms with E-state index in [1.54, 1.807) is 18.4 Å². The highest BCUT2D eigenvalue weighted by atomic mass is 32.1. The van der Waals surface area contributed by atoms with E-state index < -0.39 is 0 Å². The molecular formula is C19H20N2O2S. The average Bonchev–Trinajstić information content (AvgIpc) is 2.89. The average molecular weight is 340 g/mol. The highest BCUT2D eigenvalue weighted by Crippen LogP contribution is 2.24. The fourth-order valence-corrected chi connectivity index (χ4v) is 3.95. The molecule has 0 spiro atoms. The minimum absolute atomic E-state index is 0.152. The monoisotopic (exact) mass is 340 g/mol. The first-order chi connectivity index (χ1) is 11.5. The van der Waals surface area contributed by atoms with Gasteiger partial charge in [0.15, 0.2) is 4.80 Å². The Hall–Kier alpha value is -2.40. The summed E-state index contributed by atoms with van der Waals surface area (Å²) in [7, 11) is 3.58. The third-order valence-electron chi connectivity index (χ3n) is 4.06. The predicted octanol–water partition coefficient (Wildman–Crippen LogP) is 3.54. The maximum atomic E-state index is 12.4. The number of amides is 1. The van der Waals surface area contributed by atoms with Crippen molar-refractivity contribution in [3.63, 3.8) is 0 Å². The van der Waals surface area contributed by atoms with Gasteiger partial charge in [0.1, 0.15) is 5.75 Å². The van der Waals surface area contributed by atoms with Gasteiger partial charge in [-0.3, -0.25) is 4.79 Å². The van der Waals surface area contributed by atoms with Crippen LogP contribution in [0.15, 0.2) is 41.4 Å². The molecule has 0 atom stereocenters. The molecule has 0 aliphatic rings. The second-order valence-electron chi connectivity index (χ2n) is 5.85. The summed E-state index contributed by atoms with van der Waals surface area (Å²) in [5.41, 5.74) is 4.45. The molecule has 0 aliphatic heterocycles. The summed E-state index contributed by atoms with van der Waals surface area (Å²) in [4.78, 5) is 17.4. The third-order valence-corrected chi connectivity index (χ3v) is 5.32. The molecule has 0 fully saturated rings. The number of hydrogen-bond donors (Lipinski definition) is 0. The number of fused-ring (bicyclic) bond motifs is 1. The number of thiazole rings is 1. The van der Waals surface area contributed by atoms with E-state index in [9.17, 15) is 4.79 Å². The quantitative estimate of drug-likeness (QED) is 0.732. The molecule has 4 nitrogen and oxygen atoms in total. The standard InChI is InChI=1S/C19H20N2O2S/c1-12-8-9-13(2)18-17(12)21(3)19(24-18)20-16(22)11-14-6-5-7-15(10-14)23-4/h5-10H,11H2,1-4H3. The van der Waals surface area contributed by atoms with Crippen molar-refractivity contribution in [2.75, 3.05) is 7.11 Å². The molecular weight excluding hydrogens is 320 g/mol. The van der Waals surface area contributed by atoms with E-state index in [0.717, 1.165) is 21.6 Å². The Labute approximate surface area is 145 Å². The number of aromatic nitrogens is 1. The van der Waals surface area contributed by atoms with Gasteiger partial charge in [-0.15, -0.1) is 0 Å². The number of carbonyl (C=O) groups excluding carboxylic acids is 1. The van der Waals surface area contributed by atoms with Crippen LogP contribution in [0.25, 0.3) is 10.2 Å². The van der Waals surface area contributed by atoms with Crippen molar-refractivity contribution in [2.24, 2.45) is 12.0 Å². The van der Waals surface area contributed by atoms with E-state index in [4.69, 9.17) is 4.74 Å². The van der Waals surface area contributed by atoms with Crippen LogP contribution < -0.4 is 9.54 Å². The molecule has 1 amide bonds. The Balaban J connectivity index is 1.97. The Kier molecular flexibility index (Phi) is 4.53. The molecule has 1 aromatic heterocycles. The van der Waals surface area contributed by atoms with Gasteiger partial charge in [-0.25, -0.2) is 0 Å². The molecule has 1 heterocycles. The maximum Gasteiger partial charge on any atom is 0.252 e. The molecule has 2 aromatic carbocycles. The molecule has 0 unspecified atom stereocenters. The zero-order valence-corrected chi connectivity index (χ0v) is 15.1. The van der Waals surface area contributed by atoms with Crippen molar-refractivity contribution in [3.05, 3.63) is 57.9 Å². The Bertz CT molecular complexity index is 983. The molecule has 3 aromatic rings. The molecule has 0 bridgehead atoms. The van der Waals surface area contributed by atoms with E-state index in [2.05, 4.69) is 31.0 Å². The van der Waals surface area contributed by atoms with Crippen molar-refractivity contribution >= 4 is 27.5 Å². The van der Waals surface area contributed by atoms with Crippen molar-refractivity contribution in [1.82, 2.24) is 4.57 Å². The molecule has 3 rings (SSSR count). The largest absolute Gasteiger partial charge is 0.497 e. The zero-order valence-electron chi connectivity index (χ0n) is 14.3. The lowest BCUT2D eigenvalue weighted by molar-refractivity contribution is -0.117. The van der Waals surface area contributed by atoms with Gasteiger partial charge >= 0.3 is 0 Å². The number of rotatable bonds is 3. The van der Waals surface area contributed by atoms with Crippen LogP contribution in [-0.4, -0.2) is 17.6 Å². The van der Waals surface area contributed by atoms with E-state index in [1.165, 1.54) is 15.8 Å². The molecule has 0 saturated carbocycles. The van der Waals surface area contributed by atoms with Crippen LogP contribution >= 0.6 is 11.3 Å². The van der Waals surface area contributed by atoms with Crippen molar-refractivity contribution in [3.8, 4) is 5.75 Å². The van der Waals surface area contributed by atoms with Gasteiger partial charge in [-0.1, -0.05) is 35.6 Å². The first kappa shape index (κ1) is 16.5. The van der Waals surface area contributed by atoms with E-state index in [1.807, 2.05) is 35.9 Å². The van der Waals surface area contributed by atoms with Gasteiger partial charge in [0.05, 0.1) is 23.7 Å². The van der Waals surface area contributed by atoms with E-state index in [-0.39, 0.29) is 12.3 Å². The highest BCUT2D eigenvalue weighted by Gasteiger charge is 2.10. The second-order valence-corrected chi connectivity index (χ2v) is 6.83. The number of hydrogen-bond acceptors (Lipinski definition) is 3. The summed E-state index contributed by atoms with van der Waals surface area (Å²) in [6.45, 7) is 4.16. The second kappa shape index (κ2) is 6.61. The first-order valence-corrected chi connectivity index (χ1v) is 8.57. The molecule has 0 radical (unpaired) electrons. The lowest BCUT2D eigenvalue weighted by Crippen LogP contribution is -2.14. The highest BCUT2D eigenvalue weighted by molar-refractivity contribution is 7.16. The van der Waals surface area contributed by atoms with Crippen molar-refractivity contribution in [1.29, 1.82) is 0 Å². The minimum Gasteiger partial charge on any atom is -0.497 e. The summed E-state index contributed by atoms with van der Waals surface area (Å²) in [6, 6.07) is 11.7. The van der Waals surface area contributed by atoms with Gasteiger partial charge in [-0.05, 0) is 42.7 Å². The molecule has 124 valence electrons. The smallest absolute Gasteiger partial charge is 0.252 e. The maximum absolute atomic E-state index is 12.4. The van der Waals surface area contributed by atoms with Crippen LogP contribution in [0.5, 0.6) is 5.75 Å². The summed E-state index contributed by atoms with van der Waals surface area (Å²) < 4.78 is 8.39. The number of benzene rings is 2. The lowest BCUT2D eigenvalue weighted by atomic mass is 10.1. The number of nitrogens with zero attached hydrogens (tertiary/aromatic N) is 2. The topological polar surface area (TPSA) is 43.6 Å². The predicted molar refractivity (Wildman–Crippen MR) is 97.5 cm³/mol. The lowest BCUT2D eigenvalue weighted by Gasteiger charge is -2.02. The first-order valence-electron chi connectivity index (χ1n) is 7.76. The molecule has 0 saturated heterocycles. The SMILES string of the molecule is COc1cccc(CC(=O)N=c2sc3c(C)ccc(C)c3n2C)c1. The number of carbonyl (C=O) groups is 1. The number of methoxy groups -OCH3 is 1. The Morgan fingerprint density at radius 2 is 1.96 bits per heavy atom.